The summed E-state index contributed by atoms with van der Waals surface area (Å²) in [5.41, 5.74) is 0.769. The molecule has 1 aliphatic carbocycles. The Morgan fingerprint density at radius 1 is 0.853 bits per heavy atom. The molecule has 0 radical (unpaired) electrons. The zero-order valence-corrected chi connectivity index (χ0v) is 43.4. The molecule has 1 aromatic heterocycles. The Morgan fingerprint density at radius 3 is 2.13 bits per heavy atom. The fraction of sp³-hybridized carbons (Fsp3) is 0.660. The van der Waals surface area contributed by atoms with Gasteiger partial charge >= 0.3 is 12.1 Å². The van der Waals surface area contributed by atoms with Crippen LogP contribution in [0.25, 0.3) is 0 Å². The molecule has 5 amide bonds. The van der Waals surface area contributed by atoms with Crippen molar-refractivity contribution in [1.82, 2.24) is 30.3 Å². The second-order valence-corrected chi connectivity index (χ2v) is 21.4. The Labute approximate surface area is 411 Å². The van der Waals surface area contributed by atoms with Crippen LogP contribution in [-0.2, 0) is 44.6 Å². The van der Waals surface area contributed by atoms with Gasteiger partial charge in [0.1, 0.15) is 29.3 Å². The van der Waals surface area contributed by atoms with E-state index in [0.717, 1.165) is 29.9 Å². The molecule has 0 spiro atoms. The summed E-state index contributed by atoms with van der Waals surface area (Å²) >= 11 is 0. The normalized spacial score (nSPS) is 20.7. The highest BCUT2D eigenvalue weighted by Gasteiger charge is 2.44. The molecule has 1 saturated carbocycles. The molecule has 68 heavy (non-hydrogen) atoms. The number of pyridine rings is 1. The van der Waals surface area contributed by atoms with Crippen LogP contribution in [0.1, 0.15) is 99.0 Å². The van der Waals surface area contributed by atoms with Gasteiger partial charge in [0.15, 0.2) is 0 Å². The van der Waals surface area contributed by atoms with Crippen LogP contribution in [0.15, 0.2) is 59.8 Å². The van der Waals surface area contributed by atoms with Gasteiger partial charge in [0.25, 0.3) is 0 Å². The summed E-state index contributed by atoms with van der Waals surface area (Å²) in [6, 6.07) is 10.7. The van der Waals surface area contributed by atoms with Crippen molar-refractivity contribution in [2.75, 3.05) is 34.9 Å². The van der Waals surface area contributed by atoms with Crippen LogP contribution in [0.2, 0.25) is 0 Å². The van der Waals surface area contributed by atoms with Crippen LogP contribution in [-0.4, -0.2) is 149 Å². The fourth-order valence-corrected chi connectivity index (χ4v) is 12.2. The Morgan fingerprint density at radius 2 is 1.54 bits per heavy atom. The summed E-state index contributed by atoms with van der Waals surface area (Å²) in [6.45, 7) is 13.5. The highest BCUT2D eigenvalue weighted by molar-refractivity contribution is 8.76. The van der Waals surface area contributed by atoms with Crippen molar-refractivity contribution in [3.63, 3.8) is 0 Å². The van der Waals surface area contributed by atoms with Crippen molar-refractivity contribution in [2.24, 2.45) is 23.7 Å². The number of likely N-dealkylation sites (tertiary alicyclic amines) is 1. The maximum atomic E-state index is 14.7. The maximum absolute atomic E-state index is 14.7. The molecule has 3 N–H and O–H groups in total. The number of hydrogen-bond acceptors (Lipinski definition) is 12. The number of aliphatic carboxylic acids is 1. The highest BCUT2D eigenvalue weighted by Crippen LogP contribution is 2.42. The number of nitrogens with one attached hydrogen (secondary N) is 2. The molecule has 11 atom stereocenters. The molecule has 3 unspecified atom stereocenters. The SMILES string of the molecule is CC[C@H](C)[C@@H]([C@@H](CC(=O)N1CCCC1[C@H](OC)[C@@H](C)C(=O)N[C@@H](Cc1ccccc1)C(=O)O)OC)N(C)C(=O)C(NC(=O)C(C(C)C)N(C)C(=O)O[C@H]1CCC[C@@H]1SSc1ccccn1)C(C)C. The molecule has 1 saturated heterocycles. The Kier molecular flexibility index (Phi) is 22.4. The summed E-state index contributed by atoms with van der Waals surface area (Å²) < 4.78 is 18.0. The minimum atomic E-state index is -1.15. The third-order valence-corrected chi connectivity index (χ3v) is 16.4. The maximum Gasteiger partial charge on any atom is 0.410 e. The monoisotopic (exact) mass is 985 g/mol. The zero-order valence-electron chi connectivity index (χ0n) is 41.8. The number of carbonyl (C=O) groups is 6. The number of methoxy groups -OCH3 is 2. The quantitative estimate of drug-likeness (QED) is 0.0889. The number of likely N-dealkylation sites (N-methyl/N-ethyl adjacent to an activating group) is 2. The topological polar surface area (TPSA) is 197 Å². The van der Waals surface area contributed by atoms with Crippen LogP contribution < -0.4 is 10.6 Å². The lowest BCUT2D eigenvalue weighted by atomic mass is 9.89. The summed E-state index contributed by atoms with van der Waals surface area (Å²) in [5, 5.41) is 16.6. The van der Waals surface area contributed by atoms with Crippen molar-refractivity contribution >= 4 is 57.3 Å². The van der Waals surface area contributed by atoms with Gasteiger partial charge in [-0.3, -0.25) is 24.1 Å². The predicted octanol–water partition coefficient (Wildman–Crippen LogP) is 6.71. The van der Waals surface area contributed by atoms with Gasteiger partial charge in [-0.2, -0.15) is 0 Å². The van der Waals surface area contributed by atoms with Crippen molar-refractivity contribution in [1.29, 1.82) is 0 Å². The number of carboxylic acids is 1. The smallest absolute Gasteiger partial charge is 0.410 e. The second kappa shape index (κ2) is 27.1. The standard InChI is InChI=1S/C50H76N6O10S2/c1-12-32(6)44(38(64-10)29-41(57)56-27-19-22-36(56)45(65-11)33(7)46(58)52-35(49(61)62)28-34-20-14-13-15-21-34)54(8)48(60)42(30(2)3)53-47(59)43(31(4)5)55(9)50(63)66-37-23-18-24-39(37)67-68-40-25-16-17-26-51-40/h13-17,20-21,25-26,30-33,35-39,42-45H,12,18-19,22-24,27-29H2,1-11H3,(H,52,58)(H,53,59)(H,61,62)/t32-,33+,35-,36?,37-,38+,39-,42?,43?,44-,45+/m0/s1. The van der Waals surface area contributed by atoms with E-state index < -0.39 is 72.2 Å². The highest BCUT2D eigenvalue weighted by atomic mass is 33.1. The fourth-order valence-electron chi connectivity index (χ4n) is 9.53. The van der Waals surface area contributed by atoms with Crippen molar-refractivity contribution < 1.29 is 48.1 Å². The van der Waals surface area contributed by atoms with Crippen molar-refractivity contribution in [3.8, 4) is 0 Å². The van der Waals surface area contributed by atoms with E-state index in [2.05, 4.69) is 15.6 Å². The molecule has 0 bridgehead atoms. The van der Waals surface area contributed by atoms with E-state index in [1.54, 1.807) is 70.7 Å². The van der Waals surface area contributed by atoms with Crippen molar-refractivity contribution in [2.45, 2.75) is 159 Å². The Bertz CT molecular complexity index is 1950. The number of carbonyl (C=O) groups excluding carboxylic acids is 5. The molecule has 2 fully saturated rings. The summed E-state index contributed by atoms with van der Waals surface area (Å²) in [6.07, 6.45) is 3.82. The minimum Gasteiger partial charge on any atom is -0.480 e. The van der Waals surface area contributed by atoms with Gasteiger partial charge in [0.05, 0.1) is 41.9 Å². The lowest BCUT2D eigenvalue weighted by molar-refractivity contribution is -0.148. The number of ether oxygens (including phenoxy) is 3. The Balaban J connectivity index is 1.44. The molecular formula is C50H76N6O10S2. The summed E-state index contributed by atoms with van der Waals surface area (Å²) in [4.78, 5) is 91.8. The first kappa shape index (κ1) is 56.2. The Hall–Kier alpha value is -4.39. The number of rotatable bonds is 25. The average molecular weight is 985 g/mol. The molecule has 16 nitrogen and oxygen atoms in total. The molecular weight excluding hydrogens is 909 g/mol. The van der Waals surface area contributed by atoms with Crippen LogP contribution >= 0.6 is 21.6 Å². The van der Waals surface area contributed by atoms with Crippen LogP contribution in [0, 0.1) is 23.7 Å². The largest absolute Gasteiger partial charge is 0.480 e. The molecule has 2 heterocycles. The van der Waals surface area contributed by atoms with Gasteiger partial charge in [0, 0.05) is 47.5 Å². The first-order chi connectivity index (χ1) is 32.3. The summed E-state index contributed by atoms with van der Waals surface area (Å²) in [5.74, 6) is -4.29. The minimum absolute atomic E-state index is 0.0701. The number of carboxylic acid groups (broad SMARTS) is 1. The van der Waals surface area contributed by atoms with Crippen LogP contribution in [0.5, 0.6) is 0 Å². The van der Waals surface area contributed by atoms with E-state index in [4.69, 9.17) is 14.2 Å². The number of aromatic nitrogens is 1. The van der Waals surface area contributed by atoms with Gasteiger partial charge in [0.2, 0.25) is 23.6 Å². The third kappa shape index (κ3) is 15.1. The average Bonchev–Trinajstić information content (AvgIpc) is 3.99. The van der Waals surface area contributed by atoms with Gasteiger partial charge in [-0.25, -0.2) is 14.6 Å². The lowest BCUT2D eigenvalue weighted by Crippen LogP contribution is -2.60. The van der Waals surface area contributed by atoms with E-state index in [1.807, 2.05) is 77.9 Å². The molecule has 378 valence electrons. The molecule has 4 rings (SSSR count). The number of hydrogen-bond donors (Lipinski definition) is 3. The molecule has 2 aromatic rings. The van der Waals surface area contributed by atoms with Crippen LogP contribution in [0.4, 0.5) is 4.79 Å². The number of nitrogens with zero attached hydrogens (tertiary/aromatic N) is 4. The first-order valence-electron chi connectivity index (χ1n) is 24.0. The van der Waals surface area contributed by atoms with E-state index in [1.165, 1.54) is 19.1 Å². The molecule has 1 aliphatic heterocycles. The van der Waals surface area contributed by atoms with Gasteiger partial charge in [-0.1, -0.05) is 102 Å². The number of benzene rings is 1. The lowest BCUT2D eigenvalue weighted by Gasteiger charge is -2.41. The van der Waals surface area contributed by atoms with Gasteiger partial charge < -0.3 is 39.8 Å². The summed E-state index contributed by atoms with van der Waals surface area (Å²) in [7, 11) is 9.42. The predicted molar refractivity (Wildman–Crippen MR) is 265 cm³/mol. The van der Waals surface area contributed by atoms with Gasteiger partial charge in [-0.05, 0) is 78.3 Å². The first-order valence-corrected chi connectivity index (χ1v) is 26.2. The van der Waals surface area contributed by atoms with Crippen molar-refractivity contribution in [3.05, 3.63) is 60.3 Å². The van der Waals surface area contributed by atoms with E-state index in [0.29, 0.717) is 25.8 Å². The third-order valence-electron chi connectivity index (χ3n) is 13.5. The van der Waals surface area contributed by atoms with E-state index in [9.17, 15) is 33.9 Å². The van der Waals surface area contributed by atoms with E-state index >= 15 is 0 Å². The van der Waals surface area contributed by atoms with E-state index in [-0.39, 0.29) is 53.8 Å². The zero-order chi connectivity index (χ0) is 50.2. The second-order valence-electron chi connectivity index (χ2n) is 18.9. The van der Waals surface area contributed by atoms with Gasteiger partial charge in [-0.15, -0.1) is 0 Å². The number of amides is 5. The van der Waals surface area contributed by atoms with Crippen LogP contribution in [0.3, 0.4) is 0 Å². The molecule has 1 aromatic carbocycles. The molecule has 18 heteroatoms. The molecule has 2 aliphatic rings.